The molecule has 0 fully saturated rings. The summed E-state index contributed by atoms with van der Waals surface area (Å²) in [5, 5.41) is 0.632. The van der Waals surface area contributed by atoms with Crippen LogP contribution in [0.5, 0.6) is 0 Å². The summed E-state index contributed by atoms with van der Waals surface area (Å²) in [6, 6.07) is 7.05. The normalized spacial score (nSPS) is 13.1. The predicted octanol–water partition coefficient (Wildman–Crippen LogP) is 2.08. The molecule has 1 aromatic carbocycles. The molecule has 3 heteroatoms. The van der Waals surface area contributed by atoms with E-state index in [1.54, 1.807) is 30.5 Å². The van der Waals surface area contributed by atoms with Crippen molar-refractivity contribution < 1.29 is 4.55 Å². The topological polar surface area (TPSA) is 23.1 Å². The molecule has 0 aliphatic heterocycles. The smallest absolute Gasteiger partial charge is 0.153 e. The van der Waals surface area contributed by atoms with Gasteiger partial charge in [-0.1, -0.05) is 17.7 Å². The van der Waals surface area contributed by atoms with Gasteiger partial charge in [-0.05, 0) is 23.3 Å². The number of rotatable bonds is 1. The van der Waals surface area contributed by atoms with Crippen LogP contribution < -0.4 is 0 Å². The molecule has 0 aliphatic carbocycles. The molecular weight excluding hydrogens is 168 g/mol. The Morgan fingerprint density at radius 1 is 1.50 bits per heavy atom. The van der Waals surface area contributed by atoms with Gasteiger partial charge in [-0.25, -0.2) is 0 Å². The van der Waals surface area contributed by atoms with E-state index >= 15 is 0 Å². The van der Waals surface area contributed by atoms with Gasteiger partial charge in [0.05, 0.1) is 0 Å². The van der Waals surface area contributed by atoms with Crippen molar-refractivity contribution in [3.63, 3.8) is 0 Å². The van der Waals surface area contributed by atoms with Crippen molar-refractivity contribution in [2.24, 2.45) is 0 Å². The quantitative estimate of drug-likeness (QED) is 0.598. The Labute approximate surface area is 68.2 Å². The molecular formula is C7H7ClOS. The van der Waals surface area contributed by atoms with Gasteiger partial charge in [0.2, 0.25) is 0 Å². The highest BCUT2D eigenvalue weighted by molar-refractivity contribution is 7.90. The summed E-state index contributed by atoms with van der Waals surface area (Å²) in [6.07, 6.45) is 1.63. The van der Waals surface area contributed by atoms with Crippen LogP contribution in [0, 0.1) is 0 Å². The zero-order chi connectivity index (χ0) is 7.56. The lowest BCUT2D eigenvalue weighted by Gasteiger charge is -2.02. The number of hydrogen-bond donors (Lipinski definition) is 0. The first kappa shape index (κ1) is 7.92. The summed E-state index contributed by atoms with van der Waals surface area (Å²) < 4.78 is 10.9. The largest absolute Gasteiger partial charge is 0.612 e. The molecule has 0 spiro atoms. The van der Waals surface area contributed by atoms with E-state index in [0.29, 0.717) is 5.02 Å². The Morgan fingerprint density at radius 3 is 2.60 bits per heavy atom. The third-order valence-corrected chi connectivity index (χ3v) is 2.28. The molecule has 1 rings (SSSR count). The third-order valence-electron chi connectivity index (χ3n) is 1.13. The maximum atomic E-state index is 10.9. The SMILES string of the molecule is C[S@@+]([O-])c1cccc(Cl)c1. The van der Waals surface area contributed by atoms with Crippen LogP contribution in [0.4, 0.5) is 0 Å². The van der Waals surface area contributed by atoms with Crippen LogP contribution in [-0.4, -0.2) is 10.8 Å². The molecule has 0 aromatic heterocycles. The first-order chi connectivity index (χ1) is 4.70. The summed E-state index contributed by atoms with van der Waals surface area (Å²) in [4.78, 5) is 0.771. The van der Waals surface area contributed by atoms with Gasteiger partial charge in [0.15, 0.2) is 4.90 Å². The molecule has 1 aromatic rings. The van der Waals surface area contributed by atoms with Crippen LogP contribution in [0.3, 0.4) is 0 Å². The molecule has 1 nitrogen and oxygen atoms in total. The molecule has 54 valence electrons. The molecule has 0 unspecified atom stereocenters. The second-order valence-corrected chi connectivity index (χ2v) is 3.73. The van der Waals surface area contributed by atoms with Gasteiger partial charge < -0.3 is 4.55 Å². The Morgan fingerprint density at radius 2 is 2.20 bits per heavy atom. The number of hydrogen-bond acceptors (Lipinski definition) is 1. The van der Waals surface area contributed by atoms with Crippen LogP contribution in [0.2, 0.25) is 5.02 Å². The second-order valence-electron chi connectivity index (χ2n) is 1.91. The molecule has 0 amide bonds. The van der Waals surface area contributed by atoms with Crippen molar-refractivity contribution in [1.82, 2.24) is 0 Å². The standard InChI is InChI=1S/C7H7ClOS/c1-10(9)7-4-2-3-6(8)5-7/h2-5H,1H3/t10-/m1/s1. The monoisotopic (exact) mass is 174 g/mol. The second kappa shape index (κ2) is 3.28. The number of benzene rings is 1. The van der Waals surface area contributed by atoms with Gasteiger partial charge >= 0.3 is 0 Å². The van der Waals surface area contributed by atoms with E-state index in [-0.39, 0.29) is 0 Å². The van der Waals surface area contributed by atoms with E-state index < -0.39 is 11.2 Å². The first-order valence-corrected chi connectivity index (χ1v) is 4.73. The van der Waals surface area contributed by atoms with Crippen LogP contribution in [0.1, 0.15) is 0 Å². The summed E-state index contributed by atoms with van der Waals surface area (Å²) >= 11 is 4.73. The van der Waals surface area contributed by atoms with Gasteiger partial charge in [-0.15, -0.1) is 0 Å². The lowest BCUT2D eigenvalue weighted by molar-refractivity contribution is 0.601. The van der Waals surface area contributed by atoms with E-state index in [0.717, 1.165) is 4.90 Å². The molecule has 0 N–H and O–H groups in total. The molecule has 0 aliphatic rings. The fourth-order valence-corrected chi connectivity index (χ4v) is 1.46. The highest BCUT2D eigenvalue weighted by Gasteiger charge is 2.01. The lowest BCUT2D eigenvalue weighted by atomic mass is 10.4. The Balaban J connectivity index is 2.96. The molecule has 10 heavy (non-hydrogen) atoms. The Bertz CT molecular complexity index is 225. The summed E-state index contributed by atoms with van der Waals surface area (Å²) in [6.45, 7) is 0. The third kappa shape index (κ3) is 1.90. The fraction of sp³-hybridized carbons (Fsp3) is 0.143. The molecule has 0 radical (unpaired) electrons. The van der Waals surface area contributed by atoms with E-state index in [1.165, 1.54) is 0 Å². The van der Waals surface area contributed by atoms with Gasteiger partial charge in [0, 0.05) is 11.1 Å². The van der Waals surface area contributed by atoms with E-state index in [4.69, 9.17) is 11.6 Å². The van der Waals surface area contributed by atoms with Crippen LogP contribution in [0.15, 0.2) is 29.2 Å². The zero-order valence-electron chi connectivity index (χ0n) is 5.50. The first-order valence-electron chi connectivity index (χ1n) is 2.79. The average molecular weight is 175 g/mol. The van der Waals surface area contributed by atoms with Crippen molar-refractivity contribution in [3.8, 4) is 0 Å². The Kier molecular flexibility index (Phi) is 2.60. The predicted molar refractivity (Wildman–Crippen MR) is 43.8 cm³/mol. The highest BCUT2D eigenvalue weighted by atomic mass is 35.5. The molecule has 1 atom stereocenters. The minimum atomic E-state index is -0.924. The van der Waals surface area contributed by atoms with E-state index in [9.17, 15) is 4.55 Å². The summed E-state index contributed by atoms with van der Waals surface area (Å²) in [5.41, 5.74) is 0. The summed E-state index contributed by atoms with van der Waals surface area (Å²) in [7, 11) is 0. The summed E-state index contributed by atoms with van der Waals surface area (Å²) in [5.74, 6) is 0. The van der Waals surface area contributed by atoms with Crippen molar-refractivity contribution in [2.75, 3.05) is 6.26 Å². The van der Waals surface area contributed by atoms with Gasteiger partial charge in [-0.2, -0.15) is 0 Å². The highest BCUT2D eigenvalue weighted by Crippen LogP contribution is 2.14. The molecule has 0 bridgehead atoms. The van der Waals surface area contributed by atoms with Crippen molar-refractivity contribution in [3.05, 3.63) is 29.3 Å². The number of halogens is 1. The Hall–Kier alpha value is -0.180. The maximum Gasteiger partial charge on any atom is 0.153 e. The van der Waals surface area contributed by atoms with Crippen molar-refractivity contribution in [1.29, 1.82) is 0 Å². The molecule has 0 saturated carbocycles. The van der Waals surface area contributed by atoms with Crippen LogP contribution in [-0.2, 0) is 11.2 Å². The van der Waals surface area contributed by atoms with Gasteiger partial charge in [0.25, 0.3) is 0 Å². The molecule has 0 heterocycles. The van der Waals surface area contributed by atoms with Crippen LogP contribution >= 0.6 is 11.6 Å². The maximum absolute atomic E-state index is 10.9. The average Bonchev–Trinajstić information content (AvgIpc) is 1.88. The minimum absolute atomic E-state index is 0.632. The molecule has 0 saturated heterocycles. The lowest BCUT2D eigenvalue weighted by Crippen LogP contribution is -1.95. The van der Waals surface area contributed by atoms with E-state index in [2.05, 4.69) is 0 Å². The van der Waals surface area contributed by atoms with E-state index in [1.807, 2.05) is 0 Å². The van der Waals surface area contributed by atoms with Gasteiger partial charge in [-0.3, -0.25) is 0 Å². The minimum Gasteiger partial charge on any atom is -0.612 e. The van der Waals surface area contributed by atoms with Crippen molar-refractivity contribution in [2.45, 2.75) is 4.90 Å². The van der Waals surface area contributed by atoms with Crippen LogP contribution in [0.25, 0.3) is 0 Å². The zero-order valence-corrected chi connectivity index (χ0v) is 7.08. The fourth-order valence-electron chi connectivity index (χ4n) is 0.646. The van der Waals surface area contributed by atoms with Crippen molar-refractivity contribution >= 4 is 22.8 Å². The van der Waals surface area contributed by atoms with Gasteiger partial charge in [0.1, 0.15) is 6.26 Å².